The Balaban J connectivity index is 2.77. The van der Waals surface area contributed by atoms with E-state index in [0.29, 0.717) is 6.61 Å². The monoisotopic (exact) mass is 287 g/mol. The summed E-state index contributed by atoms with van der Waals surface area (Å²) in [6, 6.07) is 0. The van der Waals surface area contributed by atoms with Crippen LogP contribution in [0.4, 0.5) is 4.79 Å². The first-order valence-electron chi connectivity index (χ1n) is 6.70. The largest absolute Gasteiger partial charge is 0.458 e. The quantitative estimate of drug-likeness (QED) is 0.634. The van der Waals surface area contributed by atoms with Crippen molar-refractivity contribution in [2.45, 2.75) is 71.3 Å². The third-order valence-electron chi connectivity index (χ3n) is 2.56. The number of carbonyl (C=O) groups excluding carboxylic acids is 2. The Hall–Kier alpha value is -1.30. The molecule has 0 bridgehead atoms. The first-order chi connectivity index (χ1) is 8.83. The standard InChI is InChI=1S/C14H25NO5/c1-12(2,3)19-10(16)14(7,9-8-18-9)15-11(17)20-13(4,5)6/h9H,8H2,1-7H3,(H,15,17). The lowest BCUT2D eigenvalue weighted by Gasteiger charge is -2.31. The van der Waals surface area contributed by atoms with Gasteiger partial charge in [-0.15, -0.1) is 0 Å². The molecule has 0 aromatic carbocycles. The average molecular weight is 287 g/mol. The van der Waals surface area contributed by atoms with E-state index in [1.165, 1.54) is 0 Å². The zero-order chi connectivity index (χ0) is 15.8. The van der Waals surface area contributed by atoms with Crippen molar-refractivity contribution in [2.75, 3.05) is 6.61 Å². The number of hydrogen-bond donors (Lipinski definition) is 1. The molecule has 1 heterocycles. The van der Waals surface area contributed by atoms with Crippen LogP contribution in [0.5, 0.6) is 0 Å². The number of hydrogen-bond acceptors (Lipinski definition) is 5. The van der Waals surface area contributed by atoms with E-state index in [0.717, 1.165) is 0 Å². The molecule has 0 aromatic heterocycles. The van der Waals surface area contributed by atoms with E-state index >= 15 is 0 Å². The molecule has 1 aliphatic rings. The van der Waals surface area contributed by atoms with E-state index in [-0.39, 0.29) is 6.10 Å². The summed E-state index contributed by atoms with van der Waals surface area (Å²) in [6.07, 6.45) is -1.05. The van der Waals surface area contributed by atoms with Crippen molar-refractivity contribution in [1.29, 1.82) is 0 Å². The normalized spacial score (nSPS) is 21.6. The number of alkyl carbamates (subject to hydrolysis) is 1. The maximum Gasteiger partial charge on any atom is 0.408 e. The molecule has 1 N–H and O–H groups in total. The van der Waals surface area contributed by atoms with Crippen LogP contribution in [0.2, 0.25) is 0 Å². The highest BCUT2D eigenvalue weighted by molar-refractivity contribution is 5.87. The van der Waals surface area contributed by atoms with Gasteiger partial charge < -0.3 is 19.5 Å². The Kier molecular flexibility index (Phi) is 4.39. The molecule has 0 radical (unpaired) electrons. The fraction of sp³-hybridized carbons (Fsp3) is 0.857. The molecule has 1 aliphatic heterocycles. The minimum atomic E-state index is -1.24. The van der Waals surface area contributed by atoms with Crippen LogP contribution in [0.25, 0.3) is 0 Å². The fourth-order valence-corrected chi connectivity index (χ4v) is 1.54. The average Bonchev–Trinajstić information content (AvgIpc) is 2.93. The smallest absolute Gasteiger partial charge is 0.408 e. The van der Waals surface area contributed by atoms with E-state index in [4.69, 9.17) is 14.2 Å². The van der Waals surface area contributed by atoms with Crippen LogP contribution in [-0.2, 0) is 19.0 Å². The molecule has 20 heavy (non-hydrogen) atoms. The summed E-state index contributed by atoms with van der Waals surface area (Å²) >= 11 is 0. The number of carbonyl (C=O) groups is 2. The molecule has 6 nitrogen and oxygen atoms in total. The third kappa shape index (κ3) is 5.00. The van der Waals surface area contributed by atoms with Crippen molar-refractivity contribution < 1.29 is 23.8 Å². The second kappa shape index (κ2) is 5.24. The minimum Gasteiger partial charge on any atom is -0.458 e. The maximum atomic E-state index is 12.3. The summed E-state index contributed by atoms with van der Waals surface area (Å²) in [7, 11) is 0. The summed E-state index contributed by atoms with van der Waals surface area (Å²) in [4.78, 5) is 24.2. The molecule has 1 saturated heterocycles. The van der Waals surface area contributed by atoms with Gasteiger partial charge in [0.05, 0.1) is 6.61 Å². The maximum absolute atomic E-state index is 12.3. The van der Waals surface area contributed by atoms with E-state index in [1.807, 2.05) is 0 Å². The van der Waals surface area contributed by atoms with Crippen molar-refractivity contribution in [2.24, 2.45) is 0 Å². The van der Waals surface area contributed by atoms with Gasteiger partial charge in [-0.3, -0.25) is 0 Å². The predicted molar refractivity (Wildman–Crippen MR) is 73.4 cm³/mol. The number of epoxide rings is 1. The first kappa shape index (κ1) is 16.8. The van der Waals surface area contributed by atoms with E-state index < -0.39 is 28.8 Å². The number of nitrogens with one attached hydrogen (secondary N) is 1. The number of rotatable bonds is 3. The van der Waals surface area contributed by atoms with Crippen molar-refractivity contribution in [3.63, 3.8) is 0 Å². The van der Waals surface area contributed by atoms with Crippen LogP contribution >= 0.6 is 0 Å². The third-order valence-corrected chi connectivity index (χ3v) is 2.56. The van der Waals surface area contributed by atoms with Crippen molar-refractivity contribution in [1.82, 2.24) is 5.32 Å². The van der Waals surface area contributed by atoms with Crippen LogP contribution in [0.3, 0.4) is 0 Å². The summed E-state index contributed by atoms with van der Waals surface area (Å²) in [5.74, 6) is -0.529. The number of ether oxygens (including phenoxy) is 3. The van der Waals surface area contributed by atoms with Gasteiger partial charge in [0.25, 0.3) is 0 Å². The highest BCUT2D eigenvalue weighted by atomic mass is 16.6. The Labute approximate surface area is 120 Å². The van der Waals surface area contributed by atoms with Crippen molar-refractivity contribution in [3.8, 4) is 0 Å². The minimum absolute atomic E-state index is 0.384. The summed E-state index contributed by atoms with van der Waals surface area (Å²) in [5, 5.41) is 2.57. The van der Waals surface area contributed by atoms with E-state index in [1.54, 1.807) is 48.5 Å². The Morgan fingerprint density at radius 1 is 1.00 bits per heavy atom. The van der Waals surface area contributed by atoms with Crippen LogP contribution in [0.1, 0.15) is 48.5 Å². The van der Waals surface area contributed by atoms with Gasteiger partial charge in [-0.1, -0.05) is 0 Å². The number of amides is 1. The Bertz CT molecular complexity index is 389. The zero-order valence-corrected chi connectivity index (χ0v) is 13.3. The molecule has 0 aromatic rings. The van der Waals surface area contributed by atoms with Gasteiger partial charge in [0.1, 0.15) is 17.3 Å². The molecule has 0 spiro atoms. The van der Waals surface area contributed by atoms with E-state index in [9.17, 15) is 9.59 Å². The lowest BCUT2D eigenvalue weighted by molar-refractivity contribution is -0.163. The fourth-order valence-electron chi connectivity index (χ4n) is 1.54. The van der Waals surface area contributed by atoms with Gasteiger partial charge in [0.2, 0.25) is 0 Å². The molecule has 1 fully saturated rings. The molecular formula is C14H25NO5. The molecule has 2 atom stereocenters. The van der Waals surface area contributed by atoms with E-state index in [2.05, 4.69) is 5.32 Å². The van der Waals surface area contributed by atoms with Gasteiger partial charge in [0, 0.05) is 0 Å². The summed E-state index contributed by atoms with van der Waals surface area (Å²) in [6.45, 7) is 12.6. The zero-order valence-electron chi connectivity index (χ0n) is 13.3. The van der Waals surface area contributed by atoms with Gasteiger partial charge >= 0.3 is 12.1 Å². The lowest BCUT2D eigenvalue weighted by Crippen LogP contribution is -2.59. The second-order valence-electron chi connectivity index (χ2n) is 7.15. The SMILES string of the molecule is CC(C)(C)OC(=O)NC(C)(C(=O)OC(C)(C)C)C1CO1. The van der Waals surface area contributed by atoms with Crippen molar-refractivity contribution in [3.05, 3.63) is 0 Å². The van der Waals surface area contributed by atoms with Crippen molar-refractivity contribution >= 4 is 12.1 Å². The molecule has 116 valence electrons. The molecule has 0 aliphatic carbocycles. The van der Waals surface area contributed by atoms with Gasteiger partial charge in [0.15, 0.2) is 5.54 Å². The highest BCUT2D eigenvalue weighted by Crippen LogP contribution is 2.28. The second-order valence-corrected chi connectivity index (χ2v) is 7.15. The predicted octanol–water partition coefficient (Wildman–Crippen LogP) is 2.01. The van der Waals surface area contributed by atoms with Crippen LogP contribution in [-0.4, -0.2) is 41.5 Å². The lowest BCUT2D eigenvalue weighted by atomic mass is 9.98. The van der Waals surface area contributed by atoms with Gasteiger partial charge in [-0.05, 0) is 48.5 Å². The van der Waals surface area contributed by atoms with Crippen LogP contribution < -0.4 is 5.32 Å². The molecule has 6 heteroatoms. The Morgan fingerprint density at radius 2 is 1.45 bits per heavy atom. The Morgan fingerprint density at radius 3 is 1.80 bits per heavy atom. The van der Waals surface area contributed by atoms with Crippen LogP contribution in [0.15, 0.2) is 0 Å². The number of esters is 1. The van der Waals surface area contributed by atoms with Gasteiger partial charge in [-0.2, -0.15) is 0 Å². The van der Waals surface area contributed by atoms with Crippen LogP contribution in [0, 0.1) is 0 Å². The molecule has 0 saturated carbocycles. The first-order valence-corrected chi connectivity index (χ1v) is 6.70. The van der Waals surface area contributed by atoms with Gasteiger partial charge in [-0.25, -0.2) is 9.59 Å². The summed E-state index contributed by atoms with van der Waals surface area (Å²) < 4.78 is 15.7. The molecular weight excluding hydrogens is 262 g/mol. The topological polar surface area (TPSA) is 77.2 Å². The summed E-state index contributed by atoms with van der Waals surface area (Å²) in [5.41, 5.74) is -2.51. The molecule has 1 rings (SSSR count). The molecule has 1 amide bonds. The molecule has 2 unspecified atom stereocenters. The highest BCUT2D eigenvalue weighted by Gasteiger charge is 2.52.